The Kier molecular flexibility index (Phi) is 8.01. The standard InChI is InChI=1S/C24H28FIN8O2/c1-13-8-20(29-24-28-11-19(26)23(31-24)30-21-9-14(2)32-33-21)18(25)10-17(13)16-4-6-34(7-5-16)22(36)12-27-15(3)35/h8-11,16H,4-7,12H2,1-3H3,(H,27,35)(H3,28,29,30,31,32,33). The van der Waals surface area contributed by atoms with Gasteiger partial charge in [0.1, 0.15) is 5.82 Å². The van der Waals surface area contributed by atoms with Crippen LogP contribution in [0, 0.1) is 23.2 Å². The van der Waals surface area contributed by atoms with Gasteiger partial charge in [-0.3, -0.25) is 14.7 Å². The van der Waals surface area contributed by atoms with Gasteiger partial charge >= 0.3 is 0 Å². The second-order valence-corrected chi connectivity index (χ2v) is 9.99. The Balaban J connectivity index is 1.43. The minimum atomic E-state index is -0.389. The number of halogens is 2. The summed E-state index contributed by atoms with van der Waals surface area (Å²) >= 11 is 2.13. The van der Waals surface area contributed by atoms with E-state index in [1.807, 2.05) is 19.9 Å². The minimum Gasteiger partial charge on any atom is -0.347 e. The number of nitrogens with zero attached hydrogens (tertiary/aromatic N) is 4. The average molecular weight is 606 g/mol. The van der Waals surface area contributed by atoms with Crippen molar-refractivity contribution < 1.29 is 14.0 Å². The average Bonchev–Trinajstić information content (AvgIpc) is 3.26. The first-order chi connectivity index (χ1) is 17.2. The van der Waals surface area contributed by atoms with E-state index in [1.54, 1.807) is 23.2 Å². The van der Waals surface area contributed by atoms with Gasteiger partial charge in [0.05, 0.1) is 15.8 Å². The summed E-state index contributed by atoms with van der Waals surface area (Å²) in [6.07, 6.45) is 3.12. The van der Waals surface area contributed by atoms with E-state index in [1.165, 1.54) is 6.92 Å². The van der Waals surface area contributed by atoms with Gasteiger partial charge in [0.2, 0.25) is 17.8 Å². The number of aromatic amines is 1. The number of hydrogen-bond donors (Lipinski definition) is 4. The third-order valence-corrected chi connectivity index (χ3v) is 6.86. The molecule has 0 bridgehead atoms. The van der Waals surface area contributed by atoms with Gasteiger partial charge in [0.15, 0.2) is 11.6 Å². The van der Waals surface area contributed by atoms with E-state index < -0.39 is 0 Å². The van der Waals surface area contributed by atoms with Crippen molar-refractivity contribution in [2.75, 3.05) is 30.3 Å². The summed E-state index contributed by atoms with van der Waals surface area (Å²) in [5.74, 6) is 0.897. The number of H-pyrrole nitrogens is 1. The first kappa shape index (κ1) is 25.8. The van der Waals surface area contributed by atoms with Crippen LogP contribution in [-0.2, 0) is 9.59 Å². The van der Waals surface area contributed by atoms with Crippen LogP contribution in [0.2, 0.25) is 0 Å². The highest BCUT2D eigenvalue weighted by molar-refractivity contribution is 14.1. The molecule has 4 rings (SSSR count). The highest BCUT2D eigenvalue weighted by Crippen LogP contribution is 2.33. The largest absolute Gasteiger partial charge is 0.347 e. The molecule has 12 heteroatoms. The zero-order valence-electron chi connectivity index (χ0n) is 20.3. The van der Waals surface area contributed by atoms with E-state index in [-0.39, 0.29) is 36.0 Å². The van der Waals surface area contributed by atoms with E-state index in [2.05, 4.69) is 58.7 Å². The molecule has 0 radical (unpaired) electrons. The molecule has 1 aliphatic rings. The van der Waals surface area contributed by atoms with Crippen LogP contribution in [0.5, 0.6) is 0 Å². The Labute approximate surface area is 222 Å². The fourth-order valence-corrected chi connectivity index (χ4v) is 4.62. The highest BCUT2D eigenvalue weighted by Gasteiger charge is 2.25. The Morgan fingerprint density at radius 3 is 2.61 bits per heavy atom. The Bertz CT molecular complexity index is 1270. The van der Waals surface area contributed by atoms with Crippen LogP contribution in [0.1, 0.15) is 42.5 Å². The van der Waals surface area contributed by atoms with Gasteiger partial charge in [0, 0.05) is 38.0 Å². The fraction of sp³-hybridized carbons (Fsp3) is 0.375. The van der Waals surface area contributed by atoms with E-state index in [0.29, 0.717) is 30.4 Å². The molecular formula is C24H28FIN8O2. The molecule has 0 atom stereocenters. The lowest BCUT2D eigenvalue weighted by Gasteiger charge is -2.33. The second kappa shape index (κ2) is 11.2. The number of amides is 2. The second-order valence-electron chi connectivity index (χ2n) is 8.83. The number of hydrogen-bond acceptors (Lipinski definition) is 7. The van der Waals surface area contributed by atoms with Gasteiger partial charge in [0.25, 0.3) is 0 Å². The zero-order valence-corrected chi connectivity index (χ0v) is 22.4. The number of likely N-dealkylation sites (tertiary alicyclic amines) is 1. The van der Waals surface area contributed by atoms with E-state index in [9.17, 15) is 9.59 Å². The molecule has 4 N–H and O–H groups in total. The number of aryl methyl sites for hydroxylation is 2. The third-order valence-electron chi connectivity index (χ3n) is 6.07. The molecule has 1 aromatic carbocycles. The van der Waals surface area contributed by atoms with Gasteiger partial charge in [-0.05, 0) is 78.5 Å². The van der Waals surface area contributed by atoms with Crippen LogP contribution in [0.15, 0.2) is 24.4 Å². The van der Waals surface area contributed by atoms with Crippen LogP contribution in [-0.4, -0.2) is 56.5 Å². The van der Waals surface area contributed by atoms with Crippen LogP contribution in [0.3, 0.4) is 0 Å². The molecule has 1 fully saturated rings. The molecule has 3 aromatic rings. The summed E-state index contributed by atoms with van der Waals surface area (Å²) in [4.78, 5) is 33.8. The molecule has 1 aliphatic heterocycles. The normalized spacial score (nSPS) is 14.0. The number of rotatable bonds is 7. The maximum absolute atomic E-state index is 15.1. The lowest BCUT2D eigenvalue weighted by molar-refractivity contribution is -0.133. The molecule has 190 valence electrons. The lowest BCUT2D eigenvalue weighted by atomic mass is 9.86. The smallest absolute Gasteiger partial charge is 0.241 e. The first-order valence-electron chi connectivity index (χ1n) is 11.6. The van der Waals surface area contributed by atoms with Crippen molar-refractivity contribution in [3.8, 4) is 0 Å². The molecule has 10 nitrogen and oxygen atoms in total. The predicted molar refractivity (Wildman–Crippen MR) is 143 cm³/mol. The van der Waals surface area contributed by atoms with Crippen molar-refractivity contribution in [2.45, 2.75) is 39.5 Å². The number of piperidine rings is 1. The summed E-state index contributed by atoms with van der Waals surface area (Å²) < 4.78 is 15.9. The number of carbonyl (C=O) groups is 2. The van der Waals surface area contributed by atoms with Crippen LogP contribution in [0.4, 0.5) is 27.7 Å². The Hall–Kier alpha value is -3.29. The molecule has 2 amide bonds. The van der Waals surface area contributed by atoms with Crippen molar-refractivity contribution in [1.82, 2.24) is 30.4 Å². The molecule has 0 spiro atoms. The maximum atomic E-state index is 15.1. The van der Waals surface area contributed by atoms with Crippen LogP contribution in [0.25, 0.3) is 0 Å². The summed E-state index contributed by atoms with van der Waals surface area (Å²) in [5.41, 5.74) is 3.10. The van der Waals surface area contributed by atoms with Gasteiger partial charge in [-0.1, -0.05) is 0 Å². The van der Waals surface area contributed by atoms with Crippen molar-refractivity contribution in [2.24, 2.45) is 0 Å². The molecule has 3 heterocycles. The number of benzene rings is 1. The number of aromatic nitrogens is 4. The summed E-state index contributed by atoms with van der Waals surface area (Å²) in [5, 5.41) is 15.7. The molecule has 0 aliphatic carbocycles. The molecular weight excluding hydrogens is 578 g/mol. The molecule has 36 heavy (non-hydrogen) atoms. The molecule has 1 saturated heterocycles. The molecule has 2 aromatic heterocycles. The quantitative estimate of drug-likeness (QED) is 0.301. The predicted octanol–water partition coefficient (Wildman–Crippen LogP) is 3.89. The summed E-state index contributed by atoms with van der Waals surface area (Å²) in [7, 11) is 0. The number of carbonyl (C=O) groups excluding carboxylic acids is 2. The third kappa shape index (κ3) is 6.28. The summed E-state index contributed by atoms with van der Waals surface area (Å²) in [6.45, 7) is 6.40. The van der Waals surface area contributed by atoms with Gasteiger partial charge < -0.3 is 20.9 Å². The van der Waals surface area contributed by atoms with Crippen molar-refractivity contribution >= 4 is 57.7 Å². The monoisotopic (exact) mass is 606 g/mol. The van der Waals surface area contributed by atoms with E-state index >= 15 is 4.39 Å². The SMILES string of the molecule is CC(=O)NCC(=O)N1CCC(c2cc(F)c(Nc3ncc(I)c(Nc4cc(C)[nH]n4)n3)cc2C)CC1. The van der Waals surface area contributed by atoms with E-state index in [0.717, 1.165) is 33.2 Å². The topological polar surface area (TPSA) is 128 Å². The molecule has 0 saturated carbocycles. The van der Waals surface area contributed by atoms with Crippen molar-refractivity contribution in [3.05, 3.63) is 50.6 Å². The number of anilines is 4. The van der Waals surface area contributed by atoms with Crippen LogP contribution >= 0.6 is 22.6 Å². The van der Waals surface area contributed by atoms with Gasteiger partial charge in [-0.25, -0.2) is 9.37 Å². The van der Waals surface area contributed by atoms with Crippen molar-refractivity contribution in [3.63, 3.8) is 0 Å². The van der Waals surface area contributed by atoms with Gasteiger partial charge in [-0.15, -0.1) is 0 Å². The number of nitrogens with one attached hydrogen (secondary N) is 4. The van der Waals surface area contributed by atoms with Gasteiger partial charge in [-0.2, -0.15) is 10.1 Å². The Morgan fingerprint density at radius 2 is 1.94 bits per heavy atom. The van der Waals surface area contributed by atoms with E-state index in [4.69, 9.17) is 0 Å². The summed E-state index contributed by atoms with van der Waals surface area (Å²) in [6, 6.07) is 5.19. The highest BCUT2D eigenvalue weighted by atomic mass is 127. The molecule has 0 unspecified atom stereocenters. The first-order valence-corrected chi connectivity index (χ1v) is 12.7. The lowest BCUT2D eigenvalue weighted by Crippen LogP contribution is -2.43. The minimum absolute atomic E-state index is 0.00715. The zero-order chi connectivity index (χ0) is 25.8. The maximum Gasteiger partial charge on any atom is 0.241 e. The fourth-order valence-electron chi connectivity index (χ4n) is 4.22. The Morgan fingerprint density at radius 1 is 1.19 bits per heavy atom. The van der Waals surface area contributed by atoms with Crippen molar-refractivity contribution in [1.29, 1.82) is 0 Å². The van der Waals surface area contributed by atoms with Crippen LogP contribution < -0.4 is 16.0 Å².